The zero-order valence-electron chi connectivity index (χ0n) is 16.5. The van der Waals surface area contributed by atoms with Gasteiger partial charge in [0.05, 0.1) is 11.8 Å². The Balaban J connectivity index is 1.51. The van der Waals surface area contributed by atoms with Crippen molar-refractivity contribution in [1.29, 1.82) is 0 Å². The molecule has 0 saturated heterocycles. The minimum absolute atomic E-state index is 0.0351. The number of amides is 1. The van der Waals surface area contributed by atoms with Gasteiger partial charge in [-0.3, -0.25) is 9.59 Å². The van der Waals surface area contributed by atoms with E-state index >= 15 is 0 Å². The minimum Gasteiger partial charge on any atom is -0.503 e. The number of nitrogens with zero attached hydrogens (tertiary/aromatic N) is 1. The topological polar surface area (TPSA) is 83.9 Å². The van der Waals surface area contributed by atoms with Crippen LogP contribution in [0.2, 0.25) is 0 Å². The molecule has 4 aromatic rings. The Hall–Kier alpha value is -4.06. The normalized spacial score (nSPS) is 16.5. The number of benzene rings is 2. The van der Waals surface area contributed by atoms with Crippen LogP contribution >= 0.6 is 0 Å². The molecular weight excluding hydrogens is 394 g/mol. The van der Waals surface area contributed by atoms with Gasteiger partial charge >= 0.3 is 0 Å². The Morgan fingerprint density at radius 2 is 1.77 bits per heavy atom. The molecule has 0 radical (unpaired) electrons. The summed E-state index contributed by atoms with van der Waals surface area (Å²) in [6.07, 6.45) is 2.05. The summed E-state index contributed by atoms with van der Waals surface area (Å²) in [5.41, 5.74) is 1.57. The van der Waals surface area contributed by atoms with E-state index in [9.17, 15) is 14.7 Å². The number of ketones is 1. The van der Waals surface area contributed by atoms with Crippen molar-refractivity contribution in [3.8, 4) is 0 Å². The Morgan fingerprint density at radius 1 is 1.00 bits per heavy atom. The van der Waals surface area contributed by atoms with Gasteiger partial charge in [0.15, 0.2) is 11.5 Å². The quantitative estimate of drug-likeness (QED) is 0.457. The van der Waals surface area contributed by atoms with Gasteiger partial charge in [0, 0.05) is 11.9 Å². The molecule has 154 valence electrons. The van der Waals surface area contributed by atoms with Crippen LogP contribution in [0.25, 0.3) is 11.0 Å². The molecule has 0 bridgehead atoms. The van der Waals surface area contributed by atoms with Crippen molar-refractivity contribution in [1.82, 2.24) is 4.90 Å². The van der Waals surface area contributed by atoms with Gasteiger partial charge in [0.25, 0.3) is 5.91 Å². The van der Waals surface area contributed by atoms with Gasteiger partial charge in [-0.05, 0) is 36.2 Å². The van der Waals surface area contributed by atoms with Crippen molar-refractivity contribution in [2.24, 2.45) is 0 Å². The second-order valence-electron chi connectivity index (χ2n) is 7.39. The molecular formula is C25H19NO5. The highest BCUT2D eigenvalue weighted by atomic mass is 16.3. The molecule has 0 unspecified atom stereocenters. The van der Waals surface area contributed by atoms with Crippen LogP contribution in [-0.4, -0.2) is 28.2 Å². The maximum Gasteiger partial charge on any atom is 0.290 e. The van der Waals surface area contributed by atoms with E-state index in [1.807, 2.05) is 48.5 Å². The largest absolute Gasteiger partial charge is 0.503 e. The predicted octanol–water partition coefficient (Wildman–Crippen LogP) is 4.85. The lowest BCUT2D eigenvalue weighted by molar-refractivity contribution is -0.129. The van der Waals surface area contributed by atoms with Crippen molar-refractivity contribution in [2.75, 3.05) is 6.54 Å². The number of aliphatic hydroxyl groups is 1. The van der Waals surface area contributed by atoms with E-state index in [2.05, 4.69) is 0 Å². The molecule has 6 nitrogen and oxygen atoms in total. The number of carbonyl (C=O) groups is 2. The number of para-hydroxylation sites is 1. The van der Waals surface area contributed by atoms with Crippen LogP contribution in [0.1, 0.15) is 27.9 Å². The highest BCUT2D eigenvalue weighted by Crippen LogP contribution is 2.39. The second-order valence-corrected chi connectivity index (χ2v) is 7.39. The average molecular weight is 413 g/mol. The van der Waals surface area contributed by atoms with Crippen LogP contribution < -0.4 is 0 Å². The number of fused-ring (bicyclic) bond motifs is 1. The molecule has 2 aromatic heterocycles. The molecule has 5 rings (SSSR count). The van der Waals surface area contributed by atoms with Gasteiger partial charge in [-0.15, -0.1) is 0 Å². The number of hydrogen-bond acceptors (Lipinski definition) is 5. The second kappa shape index (κ2) is 7.65. The van der Waals surface area contributed by atoms with E-state index in [0.717, 1.165) is 10.9 Å². The summed E-state index contributed by atoms with van der Waals surface area (Å²) in [6.45, 7) is 0.315. The first kappa shape index (κ1) is 18.9. The number of carbonyl (C=O) groups excluding carboxylic acids is 2. The van der Waals surface area contributed by atoms with Crippen LogP contribution in [0, 0.1) is 0 Å². The zero-order chi connectivity index (χ0) is 21.4. The predicted molar refractivity (Wildman–Crippen MR) is 114 cm³/mol. The fourth-order valence-electron chi connectivity index (χ4n) is 3.98. The number of aliphatic hydroxyl groups excluding tert-OH is 1. The first-order chi connectivity index (χ1) is 15.1. The third-order valence-electron chi connectivity index (χ3n) is 5.49. The first-order valence-corrected chi connectivity index (χ1v) is 9.98. The summed E-state index contributed by atoms with van der Waals surface area (Å²) >= 11 is 0. The third kappa shape index (κ3) is 3.32. The molecule has 31 heavy (non-hydrogen) atoms. The Kier molecular flexibility index (Phi) is 4.67. The van der Waals surface area contributed by atoms with E-state index in [1.165, 1.54) is 11.2 Å². The van der Waals surface area contributed by atoms with E-state index in [1.54, 1.807) is 24.3 Å². The van der Waals surface area contributed by atoms with Gasteiger partial charge in [-0.1, -0.05) is 48.5 Å². The highest BCUT2D eigenvalue weighted by molar-refractivity contribution is 6.15. The summed E-state index contributed by atoms with van der Waals surface area (Å²) in [6, 6.07) is 21.1. The summed E-state index contributed by atoms with van der Waals surface area (Å²) in [5.74, 6) is -1.23. The van der Waals surface area contributed by atoms with Crippen LogP contribution in [-0.2, 0) is 11.2 Å². The summed E-state index contributed by atoms with van der Waals surface area (Å²) in [4.78, 5) is 27.8. The number of rotatable bonds is 6. The SMILES string of the molecule is O=C(C1=C(O)C(=O)N(CCc2ccccc2)[C@@H]1c1ccco1)c1cc2ccccc2o1. The minimum atomic E-state index is -0.827. The summed E-state index contributed by atoms with van der Waals surface area (Å²) in [5, 5.41) is 11.5. The van der Waals surface area contributed by atoms with Crippen molar-refractivity contribution in [3.63, 3.8) is 0 Å². The Bertz CT molecular complexity index is 1250. The standard InChI is InChI=1S/C25H19NO5/c27-23(20-15-17-9-4-5-10-18(17)31-20)21-22(19-11-6-14-30-19)26(25(29)24(21)28)13-12-16-7-2-1-3-8-16/h1-11,14-15,22,28H,12-13H2/t22-/m1/s1. The molecule has 1 aliphatic heterocycles. The van der Waals surface area contributed by atoms with Crippen LogP contribution in [0.4, 0.5) is 0 Å². The fraction of sp³-hybridized carbons (Fsp3) is 0.120. The van der Waals surface area contributed by atoms with E-state index in [-0.39, 0.29) is 11.3 Å². The molecule has 1 N–H and O–H groups in total. The molecule has 0 spiro atoms. The molecule has 0 fully saturated rings. The van der Waals surface area contributed by atoms with Crippen molar-refractivity contribution in [2.45, 2.75) is 12.5 Å². The average Bonchev–Trinajstić information content (AvgIpc) is 3.52. The highest BCUT2D eigenvalue weighted by Gasteiger charge is 2.45. The molecule has 6 heteroatoms. The Labute approximate surface area is 178 Å². The molecule has 2 aromatic carbocycles. The molecule has 1 aliphatic rings. The maximum absolute atomic E-state index is 13.4. The van der Waals surface area contributed by atoms with Crippen molar-refractivity contribution in [3.05, 3.63) is 107 Å². The fourth-order valence-corrected chi connectivity index (χ4v) is 3.98. The summed E-state index contributed by atoms with van der Waals surface area (Å²) in [7, 11) is 0. The maximum atomic E-state index is 13.4. The van der Waals surface area contributed by atoms with Gasteiger partial charge in [0.1, 0.15) is 17.4 Å². The molecule has 1 atom stereocenters. The van der Waals surface area contributed by atoms with Crippen LogP contribution in [0.15, 0.2) is 99.2 Å². The third-order valence-corrected chi connectivity index (χ3v) is 5.49. The van der Waals surface area contributed by atoms with Gasteiger partial charge < -0.3 is 18.8 Å². The monoisotopic (exact) mass is 413 g/mol. The van der Waals surface area contributed by atoms with E-state index in [4.69, 9.17) is 8.83 Å². The van der Waals surface area contributed by atoms with Gasteiger partial charge in [-0.25, -0.2) is 0 Å². The lowest BCUT2D eigenvalue weighted by atomic mass is 9.99. The lowest BCUT2D eigenvalue weighted by Gasteiger charge is -2.24. The number of furan rings is 2. The molecule has 0 saturated carbocycles. The Morgan fingerprint density at radius 3 is 2.52 bits per heavy atom. The smallest absolute Gasteiger partial charge is 0.290 e. The lowest BCUT2D eigenvalue weighted by Crippen LogP contribution is -2.32. The van der Waals surface area contributed by atoms with Crippen LogP contribution in [0.3, 0.4) is 0 Å². The molecule has 3 heterocycles. The molecule has 1 amide bonds. The number of hydrogen-bond donors (Lipinski definition) is 1. The van der Waals surface area contributed by atoms with Gasteiger partial charge in [-0.2, -0.15) is 0 Å². The first-order valence-electron chi connectivity index (χ1n) is 9.98. The summed E-state index contributed by atoms with van der Waals surface area (Å²) < 4.78 is 11.3. The van der Waals surface area contributed by atoms with Crippen LogP contribution in [0.5, 0.6) is 0 Å². The van der Waals surface area contributed by atoms with E-state index in [0.29, 0.717) is 24.3 Å². The number of Topliss-reactive ketones (excluding diaryl/α,β-unsaturated/α-hetero) is 1. The van der Waals surface area contributed by atoms with Crippen molar-refractivity contribution < 1.29 is 23.5 Å². The molecule has 0 aliphatic carbocycles. The zero-order valence-corrected chi connectivity index (χ0v) is 16.5. The van der Waals surface area contributed by atoms with Gasteiger partial charge in [0.2, 0.25) is 5.78 Å². The van der Waals surface area contributed by atoms with E-state index < -0.39 is 23.5 Å². The van der Waals surface area contributed by atoms with Crippen molar-refractivity contribution >= 4 is 22.7 Å².